The van der Waals surface area contributed by atoms with E-state index in [4.69, 9.17) is 9.29 Å². The van der Waals surface area contributed by atoms with E-state index in [1.54, 1.807) is 0 Å². The molecule has 1 N–H and O–H groups in total. The summed E-state index contributed by atoms with van der Waals surface area (Å²) in [5.74, 6) is 0.377. The van der Waals surface area contributed by atoms with Crippen molar-refractivity contribution in [3.8, 4) is 0 Å². The van der Waals surface area contributed by atoms with Crippen molar-refractivity contribution in [2.75, 3.05) is 5.75 Å². The first-order valence-corrected chi connectivity index (χ1v) is 11.4. The van der Waals surface area contributed by atoms with E-state index in [2.05, 4.69) is 13.8 Å². The summed E-state index contributed by atoms with van der Waals surface area (Å²) in [6.45, 7) is 5.69. The largest absolute Gasteiger partial charge is 0.458 e. The Labute approximate surface area is 151 Å². The van der Waals surface area contributed by atoms with Gasteiger partial charge in [-0.25, -0.2) is 0 Å². The first kappa shape index (κ1) is 19.2. The van der Waals surface area contributed by atoms with Crippen molar-refractivity contribution >= 4 is 16.1 Å². The summed E-state index contributed by atoms with van der Waals surface area (Å²) in [5.41, 5.74) is -0.452. The second-order valence-electron chi connectivity index (χ2n) is 8.97. The highest BCUT2D eigenvalue weighted by atomic mass is 32.2. The van der Waals surface area contributed by atoms with Crippen molar-refractivity contribution in [3.63, 3.8) is 0 Å². The predicted octanol–water partition coefficient (Wildman–Crippen LogP) is 3.83. The van der Waals surface area contributed by atoms with Crippen LogP contribution < -0.4 is 0 Å². The lowest BCUT2D eigenvalue weighted by Gasteiger charge is -2.63. The molecule has 0 aliphatic heterocycles. The monoisotopic (exact) mass is 372 g/mol. The fourth-order valence-electron chi connectivity index (χ4n) is 6.60. The zero-order chi connectivity index (χ0) is 18.5. The Morgan fingerprint density at radius 1 is 1.12 bits per heavy atom. The molecular weight excluding hydrogens is 340 g/mol. The molecule has 0 aromatic rings. The van der Waals surface area contributed by atoms with E-state index in [1.165, 1.54) is 26.2 Å². The van der Waals surface area contributed by atoms with Gasteiger partial charge in [-0.2, -0.15) is 8.42 Å². The SMILES string of the molecule is CCC(CC)(OC(=O)C(C)CS(=O)(=O)O)C12CC3CC(CC(C3)C1)C2. The normalized spacial score (nSPS) is 35.6. The zero-order valence-electron chi connectivity index (χ0n) is 15.7. The Morgan fingerprint density at radius 2 is 1.56 bits per heavy atom. The van der Waals surface area contributed by atoms with Crippen molar-refractivity contribution < 1.29 is 22.5 Å². The fraction of sp³-hybridized carbons (Fsp3) is 0.947. The molecule has 1 unspecified atom stereocenters. The van der Waals surface area contributed by atoms with E-state index >= 15 is 0 Å². The maximum absolute atomic E-state index is 12.6. The highest BCUT2D eigenvalue weighted by molar-refractivity contribution is 7.85. The average molecular weight is 373 g/mol. The Bertz CT molecular complexity index is 584. The highest BCUT2D eigenvalue weighted by Crippen LogP contribution is 2.65. The van der Waals surface area contributed by atoms with E-state index in [0.29, 0.717) is 0 Å². The Morgan fingerprint density at radius 3 is 1.92 bits per heavy atom. The van der Waals surface area contributed by atoms with Gasteiger partial charge >= 0.3 is 5.97 Å². The van der Waals surface area contributed by atoms with Crippen molar-refractivity contribution in [2.24, 2.45) is 29.1 Å². The lowest BCUT2D eigenvalue weighted by atomic mass is 9.44. The summed E-state index contributed by atoms with van der Waals surface area (Å²) >= 11 is 0. The van der Waals surface area contributed by atoms with Gasteiger partial charge in [0.15, 0.2) is 0 Å². The molecule has 0 aromatic carbocycles. The van der Waals surface area contributed by atoms with Gasteiger partial charge in [0.25, 0.3) is 10.1 Å². The molecule has 4 aliphatic rings. The Kier molecular flexibility index (Phi) is 4.99. The lowest BCUT2D eigenvalue weighted by molar-refractivity contribution is -0.214. The average Bonchev–Trinajstić information content (AvgIpc) is 2.49. The number of hydrogen-bond acceptors (Lipinski definition) is 4. The molecule has 1 atom stereocenters. The van der Waals surface area contributed by atoms with Gasteiger partial charge in [0.2, 0.25) is 0 Å². The minimum Gasteiger partial charge on any atom is -0.458 e. The fourth-order valence-corrected chi connectivity index (χ4v) is 7.37. The van der Waals surface area contributed by atoms with Crippen LogP contribution in [0.25, 0.3) is 0 Å². The van der Waals surface area contributed by atoms with Crippen LogP contribution in [0.5, 0.6) is 0 Å². The quantitative estimate of drug-likeness (QED) is 0.542. The molecular formula is C19H32O5S. The topological polar surface area (TPSA) is 80.7 Å². The van der Waals surface area contributed by atoms with Crippen LogP contribution >= 0.6 is 0 Å². The molecule has 4 saturated carbocycles. The van der Waals surface area contributed by atoms with Crippen LogP contribution in [-0.4, -0.2) is 30.3 Å². The number of hydrogen-bond donors (Lipinski definition) is 1. The third-order valence-corrected chi connectivity index (χ3v) is 8.23. The number of rotatable bonds is 7. The molecule has 0 amide bonds. The second-order valence-corrected chi connectivity index (χ2v) is 10.5. The number of esters is 1. The highest BCUT2D eigenvalue weighted by Gasteiger charge is 2.61. The minimum atomic E-state index is -4.18. The molecule has 0 radical (unpaired) electrons. The van der Waals surface area contributed by atoms with Gasteiger partial charge in [-0.15, -0.1) is 0 Å². The summed E-state index contributed by atoms with van der Waals surface area (Å²) < 4.78 is 37.4. The molecule has 4 fully saturated rings. The first-order chi connectivity index (χ1) is 11.6. The molecule has 6 heteroatoms. The third kappa shape index (κ3) is 3.48. The van der Waals surface area contributed by atoms with Gasteiger partial charge in [0.1, 0.15) is 5.60 Å². The smallest absolute Gasteiger partial charge is 0.310 e. The van der Waals surface area contributed by atoms with Gasteiger partial charge in [-0.1, -0.05) is 20.8 Å². The van der Waals surface area contributed by atoms with Gasteiger partial charge < -0.3 is 4.74 Å². The standard InChI is InChI=1S/C19H32O5S/c1-4-19(5-2,24-17(20)13(3)12-25(21,22)23)18-9-14-6-15(10-18)8-16(7-14)11-18/h13-16H,4-12H2,1-3H3,(H,21,22,23). The van der Waals surface area contributed by atoms with Crippen LogP contribution in [0.2, 0.25) is 0 Å². The maximum atomic E-state index is 12.6. The molecule has 144 valence electrons. The van der Waals surface area contributed by atoms with Crippen LogP contribution in [0.4, 0.5) is 0 Å². The van der Waals surface area contributed by atoms with E-state index in [9.17, 15) is 13.2 Å². The minimum absolute atomic E-state index is 0.0543. The van der Waals surface area contributed by atoms with Crippen LogP contribution in [0, 0.1) is 29.1 Å². The summed E-state index contributed by atoms with van der Waals surface area (Å²) in [4.78, 5) is 12.6. The van der Waals surface area contributed by atoms with Gasteiger partial charge in [-0.05, 0) is 69.1 Å². The van der Waals surface area contributed by atoms with Gasteiger partial charge in [0, 0.05) is 5.41 Å². The number of ether oxygens (including phenoxy) is 1. The van der Waals surface area contributed by atoms with Crippen molar-refractivity contribution in [1.82, 2.24) is 0 Å². The van der Waals surface area contributed by atoms with Crippen molar-refractivity contribution in [3.05, 3.63) is 0 Å². The lowest BCUT2D eigenvalue weighted by Crippen LogP contribution is -2.60. The van der Waals surface area contributed by atoms with Crippen LogP contribution in [-0.2, 0) is 19.6 Å². The number of carbonyl (C=O) groups is 1. The second kappa shape index (κ2) is 6.52. The molecule has 0 spiro atoms. The Hall–Kier alpha value is -0.620. The zero-order valence-corrected chi connectivity index (χ0v) is 16.5. The van der Waals surface area contributed by atoms with E-state index in [1.807, 2.05) is 0 Å². The molecule has 4 bridgehead atoms. The number of carbonyl (C=O) groups excluding carboxylic acids is 1. The van der Waals surface area contributed by atoms with E-state index in [-0.39, 0.29) is 5.41 Å². The van der Waals surface area contributed by atoms with Gasteiger partial charge in [-0.3, -0.25) is 9.35 Å². The maximum Gasteiger partial charge on any atom is 0.310 e. The molecule has 0 heterocycles. The van der Waals surface area contributed by atoms with E-state index in [0.717, 1.165) is 49.9 Å². The summed E-state index contributed by atoms with van der Waals surface area (Å²) in [5, 5.41) is 0. The van der Waals surface area contributed by atoms with Crippen molar-refractivity contribution in [2.45, 2.75) is 77.7 Å². The molecule has 4 aliphatic carbocycles. The molecule has 25 heavy (non-hydrogen) atoms. The molecule has 4 rings (SSSR count). The Balaban J connectivity index is 1.83. The van der Waals surface area contributed by atoms with E-state index < -0.39 is 33.4 Å². The summed E-state index contributed by atoms with van der Waals surface area (Å²) in [6.07, 6.45) is 8.93. The molecule has 0 aromatic heterocycles. The van der Waals surface area contributed by atoms with Crippen LogP contribution in [0.3, 0.4) is 0 Å². The predicted molar refractivity (Wildman–Crippen MR) is 95.6 cm³/mol. The van der Waals surface area contributed by atoms with Crippen LogP contribution in [0.1, 0.15) is 72.1 Å². The first-order valence-electron chi connectivity index (χ1n) is 9.80. The molecule has 5 nitrogen and oxygen atoms in total. The van der Waals surface area contributed by atoms with Gasteiger partial charge in [0.05, 0.1) is 11.7 Å². The summed E-state index contributed by atoms with van der Waals surface area (Å²) in [6, 6.07) is 0. The summed E-state index contributed by atoms with van der Waals surface area (Å²) in [7, 11) is -4.18. The van der Waals surface area contributed by atoms with Crippen LogP contribution in [0.15, 0.2) is 0 Å². The van der Waals surface area contributed by atoms with Crippen molar-refractivity contribution in [1.29, 1.82) is 0 Å². The molecule has 0 saturated heterocycles. The third-order valence-electron chi connectivity index (χ3n) is 7.31.